The minimum atomic E-state index is -4.09. The zero-order chi connectivity index (χ0) is 23.8. The van der Waals surface area contributed by atoms with Crippen molar-refractivity contribution >= 4 is 27.5 Å². The van der Waals surface area contributed by atoms with Gasteiger partial charge in [0.1, 0.15) is 5.75 Å². The molecule has 9 heteroatoms. The van der Waals surface area contributed by atoms with Gasteiger partial charge in [-0.3, -0.25) is 14.3 Å². The summed E-state index contributed by atoms with van der Waals surface area (Å²) < 4.78 is 33.6. The highest BCUT2D eigenvalue weighted by atomic mass is 32.2. The first-order chi connectivity index (χ1) is 15.9. The van der Waals surface area contributed by atoms with Crippen molar-refractivity contribution in [3.8, 4) is 5.75 Å². The number of sulfonamides is 1. The highest BCUT2D eigenvalue weighted by molar-refractivity contribution is 7.92. The van der Waals surface area contributed by atoms with Crippen LogP contribution in [0.25, 0.3) is 0 Å². The van der Waals surface area contributed by atoms with Crippen molar-refractivity contribution < 1.29 is 22.7 Å². The number of ether oxygens (including phenoxy) is 1. The predicted octanol–water partition coefficient (Wildman–Crippen LogP) is 2.83. The Bertz CT molecular complexity index is 1240. The first kappa shape index (κ1) is 23.8. The lowest BCUT2D eigenvalue weighted by molar-refractivity contribution is 0.0949. The Labute approximate surface area is 193 Å². The van der Waals surface area contributed by atoms with Gasteiger partial charge in [-0.15, -0.1) is 0 Å². The average Bonchev–Trinajstić information content (AvgIpc) is 2.83. The number of carbonyl (C=O) groups excluding carboxylic acids is 2. The van der Waals surface area contributed by atoms with Crippen molar-refractivity contribution in [2.24, 2.45) is 0 Å². The Kier molecular flexibility index (Phi) is 7.68. The number of hydrogen-bond acceptors (Lipinski definition) is 5. The Morgan fingerprint density at radius 2 is 1.58 bits per heavy atom. The molecule has 0 saturated heterocycles. The SMILES string of the molecule is CNC(=O)c1cc(S(=O)(=O)Nc2ccccc2C(=O)NCCc2ccccc2)ccc1OC. The highest BCUT2D eigenvalue weighted by Gasteiger charge is 2.21. The van der Waals surface area contributed by atoms with Gasteiger partial charge in [0.05, 0.1) is 28.8 Å². The number of methoxy groups -OCH3 is 1. The van der Waals surface area contributed by atoms with Crippen molar-refractivity contribution in [1.82, 2.24) is 10.6 Å². The molecule has 8 nitrogen and oxygen atoms in total. The van der Waals surface area contributed by atoms with Crippen molar-refractivity contribution in [2.75, 3.05) is 25.4 Å². The van der Waals surface area contributed by atoms with Crippen LogP contribution in [0.2, 0.25) is 0 Å². The molecule has 0 aliphatic carbocycles. The molecule has 0 aliphatic heterocycles. The number of para-hydroxylation sites is 1. The summed E-state index contributed by atoms with van der Waals surface area (Å²) in [5, 5.41) is 5.27. The van der Waals surface area contributed by atoms with Crippen molar-refractivity contribution in [3.63, 3.8) is 0 Å². The lowest BCUT2D eigenvalue weighted by Crippen LogP contribution is -2.27. The fourth-order valence-electron chi connectivity index (χ4n) is 3.20. The molecule has 3 aromatic rings. The maximum Gasteiger partial charge on any atom is 0.261 e. The summed E-state index contributed by atoms with van der Waals surface area (Å²) in [7, 11) is -1.26. The third kappa shape index (κ3) is 5.89. The van der Waals surface area contributed by atoms with Crippen LogP contribution in [0.4, 0.5) is 5.69 Å². The third-order valence-electron chi connectivity index (χ3n) is 4.91. The second-order valence-corrected chi connectivity index (χ2v) is 8.77. The summed E-state index contributed by atoms with van der Waals surface area (Å²) in [6, 6.07) is 20.0. The van der Waals surface area contributed by atoms with Crippen LogP contribution in [0.5, 0.6) is 5.75 Å². The van der Waals surface area contributed by atoms with Crippen molar-refractivity contribution in [3.05, 3.63) is 89.5 Å². The maximum absolute atomic E-state index is 13.0. The molecule has 0 unspecified atom stereocenters. The molecular formula is C24H25N3O5S. The van der Waals surface area contributed by atoms with E-state index in [1.54, 1.807) is 18.2 Å². The van der Waals surface area contributed by atoms with E-state index in [4.69, 9.17) is 4.74 Å². The number of benzene rings is 3. The van der Waals surface area contributed by atoms with Crippen LogP contribution in [0.3, 0.4) is 0 Å². The molecule has 0 saturated carbocycles. The molecule has 0 spiro atoms. The summed E-state index contributed by atoms with van der Waals surface area (Å²) in [6.45, 7) is 0.401. The Morgan fingerprint density at radius 1 is 0.879 bits per heavy atom. The van der Waals surface area contributed by atoms with Gasteiger partial charge in [-0.05, 0) is 42.3 Å². The predicted molar refractivity (Wildman–Crippen MR) is 126 cm³/mol. The van der Waals surface area contributed by atoms with Gasteiger partial charge in [0, 0.05) is 13.6 Å². The minimum Gasteiger partial charge on any atom is -0.496 e. The summed E-state index contributed by atoms with van der Waals surface area (Å²) in [5.41, 5.74) is 1.48. The Balaban J connectivity index is 1.79. The number of nitrogens with one attached hydrogen (secondary N) is 3. The van der Waals surface area contributed by atoms with Gasteiger partial charge in [-0.25, -0.2) is 8.42 Å². The van der Waals surface area contributed by atoms with Gasteiger partial charge in [0.25, 0.3) is 21.8 Å². The zero-order valence-electron chi connectivity index (χ0n) is 18.3. The number of hydrogen-bond donors (Lipinski definition) is 3. The third-order valence-corrected chi connectivity index (χ3v) is 6.27. The fraction of sp³-hybridized carbons (Fsp3) is 0.167. The topological polar surface area (TPSA) is 114 Å². The first-order valence-electron chi connectivity index (χ1n) is 10.2. The van der Waals surface area contributed by atoms with E-state index in [-0.39, 0.29) is 27.5 Å². The second-order valence-electron chi connectivity index (χ2n) is 7.08. The normalized spacial score (nSPS) is 10.8. The molecule has 0 radical (unpaired) electrons. The van der Waals surface area contributed by atoms with E-state index in [0.29, 0.717) is 13.0 Å². The van der Waals surface area contributed by atoms with Crippen LogP contribution in [0, 0.1) is 0 Å². The number of amides is 2. The summed E-state index contributed by atoms with van der Waals surface area (Å²) in [6.07, 6.45) is 0.647. The van der Waals surface area contributed by atoms with Gasteiger partial charge >= 0.3 is 0 Å². The molecule has 0 heterocycles. The lowest BCUT2D eigenvalue weighted by atomic mass is 10.1. The van der Waals surface area contributed by atoms with E-state index in [1.807, 2.05) is 30.3 Å². The Hall–Kier alpha value is -3.85. The van der Waals surface area contributed by atoms with Crippen LogP contribution in [-0.2, 0) is 16.4 Å². The largest absolute Gasteiger partial charge is 0.496 e. The van der Waals surface area contributed by atoms with E-state index < -0.39 is 21.8 Å². The molecule has 3 rings (SSSR count). The fourth-order valence-corrected chi connectivity index (χ4v) is 4.31. The molecule has 172 valence electrons. The molecule has 0 bridgehead atoms. The van der Waals surface area contributed by atoms with E-state index >= 15 is 0 Å². The maximum atomic E-state index is 13.0. The van der Waals surface area contributed by atoms with Crippen LogP contribution in [-0.4, -0.2) is 40.9 Å². The van der Waals surface area contributed by atoms with E-state index in [0.717, 1.165) is 5.56 Å². The van der Waals surface area contributed by atoms with Gasteiger partial charge in [0.2, 0.25) is 0 Å². The lowest BCUT2D eigenvalue weighted by Gasteiger charge is -2.14. The van der Waals surface area contributed by atoms with Crippen LogP contribution in [0.15, 0.2) is 77.7 Å². The molecule has 3 N–H and O–H groups in total. The molecule has 0 atom stereocenters. The van der Waals surface area contributed by atoms with Crippen LogP contribution in [0.1, 0.15) is 26.3 Å². The molecule has 2 amide bonds. The van der Waals surface area contributed by atoms with Gasteiger partial charge in [0.15, 0.2) is 0 Å². The van der Waals surface area contributed by atoms with Crippen LogP contribution < -0.4 is 20.1 Å². The number of anilines is 1. The molecule has 0 aliphatic rings. The summed E-state index contributed by atoms with van der Waals surface area (Å²) in [5.74, 6) is -0.640. The average molecular weight is 468 g/mol. The summed E-state index contributed by atoms with van der Waals surface area (Å²) >= 11 is 0. The number of carbonyl (C=O) groups is 2. The van der Waals surface area contributed by atoms with E-state index in [9.17, 15) is 18.0 Å². The minimum absolute atomic E-state index is 0.0785. The molecule has 3 aromatic carbocycles. The zero-order valence-corrected chi connectivity index (χ0v) is 19.1. The van der Waals surface area contributed by atoms with E-state index in [1.165, 1.54) is 38.4 Å². The standard InChI is InChI=1S/C24H25N3O5S/c1-25-23(28)20-16-18(12-13-22(20)32-2)33(30,31)27-21-11-7-6-10-19(21)24(29)26-15-14-17-8-4-3-5-9-17/h3-13,16,27H,14-15H2,1-2H3,(H,25,28)(H,26,29). The van der Waals surface area contributed by atoms with Crippen LogP contribution >= 0.6 is 0 Å². The smallest absolute Gasteiger partial charge is 0.261 e. The number of rotatable bonds is 9. The van der Waals surface area contributed by atoms with Crippen molar-refractivity contribution in [2.45, 2.75) is 11.3 Å². The van der Waals surface area contributed by atoms with E-state index in [2.05, 4.69) is 15.4 Å². The monoisotopic (exact) mass is 467 g/mol. The molecule has 0 aromatic heterocycles. The first-order valence-corrected chi connectivity index (χ1v) is 11.7. The molecule has 0 fully saturated rings. The highest BCUT2D eigenvalue weighted by Crippen LogP contribution is 2.25. The Morgan fingerprint density at radius 3 is 2.27 bits per heavy atom. The van der Waals surface area contributed by atoms with Gasteiger partial charge < -0.3 is 15.4 Å². The van der Waals surface area contributed by atoms with Crippen molar-refractivity contribution in [1.29, 1.82) is 0 Å². The second kappa shape index (κ2) is 10.6. The van der Waals surface area contributed by atoms with Gasteiger partial charge in [-0.2, -0.15) is 0 Å². The van der Waals surface area contributed by atoms with Gasteiger partial charge in [-0.1, -0.05) is 42.5 Å². The molecule has 33 heavy (non-hydrogen) atoms. The quantitative estimate of drug-likeness (QED) is 0.448. The molecular weight excluding hydrogens is 442 g/mol. The summed E-state index contributed by atoms with van der Waals surface area (Å²) in [4.78, 5) is 24.7.